The summed E-state index contributed by atoms with van der Waals surface area (Å²) in [5, 5.41) is 3.69. The first kappa shape index (κ1) is 14.2. The van der Waals surface area contributed by atoms with Gasteiger partial charge in [0.15, 0.2) is 0 Å². The molecular weight excluding hydrogens is 324 g/mol. The van der Waals surface area contributed by atoms with Crippen molar-refractivity contribution in [1.82, 2.24) is 10.2 Å². The first-order valence-corrected chi connectivity index (χ1v) is 9.35. The Morgan fingerprint density at radius 1 is 1.14 bits per heavy atom. The number of rotatable bonds is 5. The Morgan fingerprint density at radius 2 is 2.05 bits per heavy atom. The molecule has 1 saturated carbocycles. The largest absolute Gasteiger partial charge is 0.313 e. The number of benzene rings is 1. The zero-order chi connectivity index (χ0) is 14.2. The summed E-state index contributed by atoms with van der Waals surface area (Å²) in [7, 11) is 0. The third-order valence-corrected chi connectivity index (χ3v) is 6.17. The number of nitrogens with one attached hydrogen (secondary N) is 1. The highest BCUT2D eigenvalue weighted by Crippen LogP contribution is 2.41. The fourth-order valence-corrected chi connectivity index (χ4v) is 4.70. The second-order valence-electron chi connectivity index (χ2n) is 7.05. The second-order valence-corrected chi connectivity index (χ2v) is 7.91. The molecule has 3 aliphatic rings. The molecule has 2 nitrogen and oxygen atoms in total. The average Bonchev–Trinajstić information content (AvgIpc) is 2.99. The summed E-state index contributed by atoms with van der Waals surface area (Å²) in [5.41, 5.74) is 3.14. The molecule has 1 aromatic rings. The van der Waals surface area contributed by atoms with Gasteiger partial charge in [-0.1, -0.05) is 28.1 Å². The van der Waals surface area contributed by atoms with E-state index in [4.69, 9.17) is 0 Å². The SMILES string of the molecule is Brc1cccc2c1CCC2N(CC1CC1)CC1CCCN1. The lowest BCUT2D eigenvalue weighted by Gasteiger charge is -2.32. The maximum Gasteiger partial charge on any atom is 0.0355 e. The Hall–Kier alpha value is -0.380. The molecule has 1 N–H and O–H groups in total. The molecule has 21 heavy (non-hydrogen) atoms. The predicted octanol–water partition coefficient (Wildman–Crippen LogP) is 3.90. The zero-order valence-electron chi connectivity index (χ0n) is 12.7. The van der Waals surface area contributed by atoms with Crippen LogP contribution in [0.1, 0.15) is 49.3 Å². The smallest absolute Gasteiger partial charge is 0.0355 e. The highest BCUT2D eigenvalue weighted by Gasteiger charge is 2.34. The number of hydrogen-bond donors (Lipinski definition) is 1. The van der Waals surface area contributed by atoms with Crippen LogP contribution in [0.5, 0.6) is 0 Å². The van der Waals surface area contributed by atoms with E-state index in [-0.39, 0.29) is 0 Å². The van der Waals surface area contributed by atoms with Crippen LogP contribution >= 0.6 is 15.9 Å². The Kier molecular flexibility index (Phi) is 4.08. The van der Waals surface area contributed by atoms with Gasteiger partial charge in [0.05, 0.1) is 0 Å². The fraction of sp³-hybridized carbons (Fsp3) is 0.667. The lowest BCUT2D eigenvalue weighted by Crippen LogP contribution is -2.40. The highest BCUT2D eigenvalue weighted by atomic mass is 79.9. The van der Waals surface area contributed by atoms with Crippen molar-refractivity contribution in [2.45, 2.75) is 50.6 Å². The van der Waals surface area contributed by atoms with Crippen molar-refractivity contribution in [3.05, 3.63) is 33.8 Å². The van der Waals surface area contributed by atoms with Crippen molar-refractivity contribution < 1.29 is 0 Å². The predicted molar refractivity (Wildman–Crippen MR) is 90.5 cm³/mol. The van der Waals surface area contributed by atoms with Crippen molar-refractivity contribution >= 4 is 15.9 Å². The number of hydrogen-bond acceptors (Lipinski definition) is 2. The molecule has 1 aromatic carbocycles. The summed E-state index contributed by atoms with van der Waals surface area (Å²) in [6, 6.07) is 8.15. The van der Waals surface area contributed by atoms with Gasteiger partial charge < -0.3 is 5.32 Å². The number of nitrogens with zero attached hydrogens (tertiary/aromatic N) is 1. The van der Waals surface area contributed by atoms with Gasteiger partial charge in [0.2, 0.25) is 0 Å². The van der Waals surface area contributed by atoms with Gasteiger partial charge in [0, 0.05) is 29.6 Å². The molecule has 2 atom stereocenters. The van der Waals surface area contributed by atoms with E-state index in [1.807, 2.05) is 0 Å². The molecule has 114 valence electrons. The minimum atomic E-state index is 0.653. The third-order valence-electron chi connectivity index (χ3n) is 5.43. The molecule has 1 aliphatic heterocycles. The van der Waals surface area contributed by atoms with Crippen LogP contribution in [0.2, 0.25) is 0 Å². The van der Waals surface area contributed by atoms with Crippen LogP contribution in [0.25, 0.3) is 0 Å². The van der Waals surface area contributed by atoms with Crippen molar-refractivity contribution in [3.63, 3.8) is 0 Å². The van der Waals surface area contributed by atoms with Crippen LogP contribution in [-0.4, -0.2) is 30.6 Å². The third kappa shape index (κ3) is 3.06. The van der Waals surface area contributed by atoms with E-state index >= 15 is 0 Å². The maximum atomic E-state index is 3.74. The molecule has 2 aliphatic carbocycles. The summed E-state index contributed by atoms with van der Waals surface area (Å²) in [6.45, 7) is 3.77. The summed E-state index contributed by atoms with van der Waals surface area (Å²) in [5.74, 6) is 0.975. The minimum Gasteiger partial charge on any atom is -0.313 e. The van der Waals surface area contributed by atoms with Gasteiger partial charge in [0.25, 0.3) is 0 Å². The minimum absolute atomic E-state index is 0.653. The van der Waals surface area contributed by atoms with Crippen LogP contribution in [0.3, 0.4) is 0 Å². The second kappa shape index (κ2) is 6.02. The summed E-state index contributed by atoms with van der Waals surface area (Å²) in [4.78, 5) is 2.80. The molecular formula is C18H25BrN2. The fourth-order valence-electron chi connectivity index (χ4n) is 4.12. The van der Waals surface area contributed by atoms with Gasteiger partial charge in [-0.15, -0.1) is 0 Å². The highest BCUT2D eigenvalue weighted by molar-refractivity contribution is 9.10. The number of halogens is 1. The van der Waals surface area contributed by atoms with Crippen LogP contribution in [-0.2, 0) is 6.42 Å². The number of fused-ring (bicyclic) bond motifs is 1. The molecule has 0 spiro atoms. The molecule has 4 rings (SSSR count). The first-order valence-electron chi connectivity index (χ1n) is 8.56. The summed E-state index contributed by atoms with van der Waals surface area (Å²) >= 11 is 3.74. The molecule has 0 amide bonds. The standard InChI is InChI=1S/C18H25BrN2/c19-17-5-1-4-16-15(17)8-9-18(16)21(11-13-6-7-13)12-14-3-2-10-20-14/h1,4-5,13-14,18,20H,2-3,6-12H2. The van der Waals surface area contributed by atoms with Crippen molar-refractivity contribution in [3.8, 4) is 0 Å². The Labute approximate surface area is 136 Å². The van der Waals surface area contributed by atoms with Gasteiger partial charge in [0.1, 0.15) is 0 Å². The van der Waals surface area contributed by atoms with Crippen molar-refractivity contribution in [2.75, 3.05) is 19.6 Å². The van der Waals surface area contributed by atoms with Crippen LogP contribution in [0.4, 0.5) is 0 Å². The Morgan fingerprint density at radius 3 is 2.81 bits per heavy atom. The van der Waals surface area contributed by atoms with Crippen LogP contribution < -0.4 is 5.32 Å². The molecule has 3 heteroatoms. The Balaban J connectivity index is 1.54. The summed E-state index contributed by atoms with van der Waals surface area (Å²) < 4.78 is 1.31. The van der Waals surface area contributed by atoms with Gasteiger partial charge in [-0.05, 0) is 68.2 Å². The van der Waals surface area contributed by atoms with Gasteiger partial charge >= 0.3 is 0 Å². The van der Waals surface area contributed by atoms with Crippen LogP contribution in [0.15, 0.2) is 22.7 Å². The Bertz CT molecular complexity index is 506. The molecule has 0 radical (unpaired) electrons. The molecule has 0 aromatic heterocycles. The quantitative estimate of drug-likeness (QED) is 0.867. The average molecular weight is 349 g/mol. The van der Waals surface area contributed by atoms with Gasteiger partial charge in [-0.3, -0.25) is 4.90 Å². The van der Waals surface area contributed by atoms with E-state index in [0.29, 0.717) is 6.04 Å². The van der Waals surface area contributed by atoms with Crippen molar-refractivity contribution in [2.24, 2.45) is 5.92 Å². The monoisotopic (exact) mass is 348 g/mol. The lowest BCUT2D eigenvalue weighted by atomic mass is 10.1. The summed E-state index contributed by atoms with van der Waals surface area (Å²) in [6.07, 6.45) is 8.16. The van der Waals surface area contributed by atoms with Gasteiger partial charge in [-0.2, -0.15) is 0 Å². The van der Waals surface area contributed by atoms with Crippen molar-refractivity contribution in [1.29, 1.82) is 0 Å². The van der Waals surface area contributed by atoms with E-state index in [1.54, 1.807) is 11.1 Å². The van der Waals surface area contributed by atoms with E-state index in [0.717, 1.165) is 12.0 Å². The van der Waals surface area contributed by atoms with E-state index in [1.165, 1.54) is 62.6 Å². The zero-order valence-corrected chi connectivity index (χ0v) is 14.2. The van der Waals surface area contributed by atoms with Crippen LogP contribution in [0, 0.1) is 5.92 Å². The normalized spacial score (nSPS) is 28.3. The molecule has 1 heterocycles. The lowest BCUT2D eigenvalue weighted by molar-refractivity contribution is 0.172. The molecule has 1 saturated heterocycles. The van der Waals surface area contributed by atoms with E-state index < -0.39 is 0 Å². The first-order chi connectivity index (χ1) is 10.3. The molecule has 0 bridgehead atoms. The van der Waals surface area contributed by atoms with Gasteiger partial charge in [-0.25, -0.2) is 0 Å². The molecule has 2 unspecified atom stereocenters. The van der Waals surface area contributed by atoms with E-state index in [9.17, 15) is 0 Å². The van der Waals surface area contributed by atoms with E-state index in [2.05, 4.69) is 44.3 Å². The topological polar surface area (TPSA) is 15.3 Å². The molecule has 2 fully saturated rings. The maximum absolute atomic E-state index is 3.74.